The first-order valence-electron chi connectivity index (χ1n) is 11.8. The van der Waals surface area contributed by atoms with Crippen LogP contribution >= 0.6 is 0 Å². The van der Waals surface area contributed by atoms with E-state index in [-0.39, 0.29) is 17.7 Å². The molecule has 2 aliphatic heterocycles. The maximum absolute atomic E-state index is 13.2. The van der Waals surface area contributed by atoms with Gasteiger partial charge >= 0.3 is 0 Å². The fourth-order valence-corrected chi connectivity index (χ4v) is 4.99. The molecule has 0 N–H and O–H groups in total. The number of carbonyl (C=O) groups excluding carboxylic acids is 2. The van der Waals surface area contributed by atoms with Crippen LogP contribution in [0, 0.1) is 19.8 Å². The Labute approximate surface area is 193 Å². The SMILES string of the molecule is Cc1cc2cc(C(=O)N3CCC(c4nc(C)c5c(n4)N(CC(C)C)C(=O)CC5)C3)ccc2o1. The number of hydrogen-bond acceptors (Lipinski definition) is 5. The molecule has 1 saturated heterocycles. The summed E-state index contributed by atoms with van der Waals surface area (Å²) in [6.07, 6.45) is 2.02. The summed E-state index contributed by atoms with van der Waals surface area (Å²) < 4.78 is 5.63. The highest BCUT2D eigenvalue weighted by atomic mass is 16.3. The zero-order chi connectivity index (χ0) is 23.3. The molecule has 4 heterocycles. The topological polar surface area (TPSA) is 79.5 Å². The molecule has 0 bridgehead atoms. The number of likely N-dealkylation sites (tertiary alicyclic amines) is 1. The van der Waals surface area contributed by atoms with Gasteiger partial charge in [0.25, 0.3) is 5.91 Å². The van der Waals surface area contributed by atoms with Crippen molar-refractivity contribution in [2.45, 2.75) is 52.9 Å². The number of nitrogens with zero attached hydrogens (tertiary/aromatic N) is 4. The van der Waals surface area contributed by atoms with E-state index in [0.717, 1.165) is 46.0 Å². The average molecular weight is 447 g/mol. The Hall–Kier alpha value is -3.22. The van der Waals surface area contributed by atoms with Gasteiger partial charge in [0.2, 0.25) is 5.91 Å². The lowest BCUT2D eigenvalue weighted by atomic mass is 10.0. The van der Waals surface area contributed by atoms with E-state index in [1.165, 1.54) is 0 Å². The minimum atomic E-state index is 0.0181. The molecule has 2 aliphatic rings. The third-order valence-corrected chi connectivity index (χ3v) is 6.63. The van der Waals surface area contributed by atoms with E-state index in [0.29, 0.717) is 44.0 Å². The van der Waals surface area contributed by atoms with E-state index >= 15 is 0 Å². The predicted molar refractivity (Wildman–Crippen MR) is 126 cm³/mol. The molecule has 33 heavy (non-hydrogen) atoms. The van der Waals surface area contributed by atoms with E-state index in [9.17, 15) is 9.59 Å². The molecule has 0 spiro atoms. The standard InChI is InChI=1S/C26H30N4O3/c1-15(2)13-30-23(31)8-6-21-17(4)27-24(28-25(21)30)19-9-10-29(14-19)26(32)18-5-7-22-20(12-18)11-16(3)33-22/h5,7,11-12,15,19H,6,8-10,13-14H2,1-4H3. The molecule has 1 fully saturated rings. The predicted octanol–water partition coefficient (Wildman–Crippen LogP) is 4.40. The summed E-state index contributed by atoms with van der Waals surface area (Å²) in [5.41, 5.74) is 3.48. The van der Waals surface area contributed by atoms with Crippen molar-refractivity contribution in [3.8, 4) is 0 Å². The van der Waals surface area contributed by atoms with Crippen LogP contribution in [0.15, 0.2) is 28.7 Å². The first-order chi connectivity index (χ1) is 15.8. The van der Waals surface area contributed by atoms with Gasteiger partial charge in [0.1, 0.15) is 23.0 Å². The van der Waals surface area contributed by atoms with Crippen LogP contribution in [0.5, 0.6) is 0 Å². The second-order valence-corrected chi connectivity index (χ2v) is 9.71. The molecule has 0 radical (unpaired) electrons. The van der Waals surface area contributed by atoms with Gasteiger partial charge in [-0.15, -0.1) is 0 Å². The van der Waals surface area contributed by atoms with Gasteiger partial charge in [-0.3, -0.25) is 14.5 Å². The molecule has 5 rings (SSSR count). The smallest absolute Gasteiger partial charge is 0.253 e. The zero-order valence-electron chi connectivity index (χ0n) is 19.7. The van der Waals surface area contributed by atoms with Crippen molar-refractivity contribution in [1.29, 1.82) is 0 Å². The summed E-state index contributed by atoms with van der Waals surface area (Å²) in [5.74, 6) is 2.92. The number of aryl methyl sites for hydroxylation is 2. The van der Waals surface area contributed by atoms with E-state index in [1.54, 1.807) is 0 Å². The quantitative estimate of drug-likeness (QED) is 0.593. The van der Waals surface area contributed by atoms with Crippen LogP contribution < -0.4 is 4.90 Å². The summed E-state index contributed by atoms with van der Waals surface area (Å²) in [4.78, 5) is 39.3. The van der Waals surface area contributed by atoms with Crippen molar-refractivity contribution in [2.24, 2.45) is 5.92 Å². The van der Waals surface area contributed by atoms with Gasteiger partial charge in [-0.05, 0) is 56.9 Å². The normalized spacial score (nSPS) is 18.5. The molecule has 1 atom stereocenters. The lowest BCUT2D eigenvalue weighted by molar-refractivity contribution is -0.119. The summed E-state index contributed by atoms with van der Waals surface area (Å²) in [6, 6.07) is 7.54. The van der Waals surface area contributed by atoms with E-state index in [4.69, 9.17) is 14.4 Å². The van der Waals surface area contributed by atoms with E-state index < -0.39 is 0 Å². The van der Waals surface area contributed by atoms with Crippen molar-refractivity contribution >= 4 is 28.6 Å². The van der Waals surface area contributed by atoms with Crippen LogP contribution in [0.25, 0.3) is 11.0 Å². The molecule has 2 aromatic heterocycles. The van der Waals surface area contributed by atoms with Crippen LogP contribution in [0.3, 0.4) is 0 Å². The average Bonchev–Trinajstić information content (AvgIpc) is 3.40. The van der Waals surface area contributed by atoms with Gasteiger partial charge in [-0.25, -0.2) is 9.97 Å². The van der Waals surface area contributed by atoms with Crippen molar-refractivity contribution in [3.05, 3.63) is 52.7 Å². The van der Waals surface area contributed by atoms with Crippen LogP contribution in [-0.4, -0.2) is 46.3 Å². The fourth-order valence-electron chi connectivity index (χ4n) is 4.99. The summed E-state index contributed by atoms with van der Waals surface area (Å²) in [5, 5.41) is 0.942. The monoisotopic (exact) mass is 446 g/mol. The van der Waals surface area contributed by atoms with Crippen molar-refractivity contribution in [2.75, 3.05) is 24.5 Å². The Bertz CT molecular complexity index is 1250. The minimum Gasteiger partial charge on any atom is -0.461 e. The van der Waals surface area contributed by atoms with E-state index in [1.807, 2.05) is 47.9 Å². The molecular formula is C26H30N4O3. The molecule has 2 amide bonds. The number of rotatable bonds is 4. The lowest BCUT2D eigenvalue weighted by Gasteiger charge is -2.31. The molecule has 7 heteroatoms. The molecular weight excluding hydrogens is 416 g/mol. The largest absolute Gasteiger partial charge is 0.461 e. The second kappa shape index (κ2) is 8.28. The second-order valence-electron chi connectivity index (χ2n) is 9.71. The first kappa shape index (κ1) is 21.6. The highest BCUT2D eigenvalue weighted by Crippen LogP contribution is 2.33. The highest BCUT2D eigenvalue weighted by molar-refractivity contribution is 5.98. The van der Waals surface area contributed by atoms with Crippen molar-refractivity contribution in [1.82, 2.24) is 14.9 Å². The summed E-state index contributed by atoms with van der Waals surface area (Å²) >= 11 is 0. The number of carbonyl (C=O) groups is 2. The van der Waals surface area contributed by atoms with Gasteiger partial charge in [0.05, 0.1) is 0 Å². The van der Waals surface area contributed by atoms with Crippen LogP contribution in [0.2, 0.25) is 0 Å². The number of amides is 2. The number of hydrogen-bond donors (Lipinski definition) is 0. The molecule has 1 aromatic carbocycles. The van der Waals surface area contributed by atoms with Crippen LogP contribution in [0.1, 0.15) is 65.8 Å². The summed E-state index contributed by atoms with van der Waals surface area (Å²) in [7, 11) is 0. The summed E-state index contributed by atoms with van der Waals surface area (Å²) in [6.45, 7) is 10.0. The Balaban J connectivity index is 1.38. The van der Waals surface area contributed by atoms with Gasteiger partial charge in [0, 0.05) is 54.2 Å². The first-order valence-corrected chi connectivity index (χ1v) is 11.8. The Morgan fingerprint density at radius 3 is 2.79 bits per heavy atom. The third kappa shape index (κ3) is 4.01. The fraction of sp³-hybridized carbons (Fsp3) is 0.462. The number of benzene rings is 1. The van der Waals surface area contributed by atoms with Gasteiger partial charge in [0.15, 0.2) is 0 Å². The van der Waals surface area contributed by atoms with Crippen molar-refractivity contribution in [3.63, 3.8) is 0 Å². The Kier molecular flexibility index (Phi) is 5.43. The number of furan rings is 1. The molecule has 0 aliphatic carbocycles. The lowest BCUT2D eigenvalue weighted by Crippen LogP contribution is -2.39. The number of anilines is 1. The molecule has 3 aromatic rings. The molecule has 172 valence electrons. The Morgan fingerprint density at radius 2 is 2.00 bits per heavy atom. The zero-order valence-corrected chi connectivity index (χ0v) is 19.7. The van der Waals surface area contributed by atoms with Gasteiger partial charge in [-0.1, -0.05) is 13.8 Å². The van der Waals surface area contributed by atoms with Crippen LogP contribution in [0.4, 0.5) is 5.82 Å². The molecule has 7 nitrogen and oxygen atoms in total. The van der Waals surface area contributed by atoms with E-state index in [2.05, 4.69) is 13.8 Å². The minimum absolute atomic E-state index is 0.0181. The van der Waals surface area contributed by atoms with Gasteiger partial charge in [-0.2, -0.15) is 0 Å². The third-order valence-electron chi connectivity index (χ3n) is 6.63. The highest BCUT2D eigenvalue weighted by Gasteiger charge is 2.33. The number of aromatic nitrogens is 2. The van der Waals surface area contributed by atoms with Gasteiger partial charge < -0.3 is 9.32 Å². The molecule has 0 saturated carbocycles. The maximum Gasteiger partial charge on any atom is 0.253 e. The van der Waals surface area contributed by atoms with Crippen molar-refractivity contribution < 1.29 is 14.0 Å². The maximum atomic E-state index is 13.2. The Morgan fingerprint density at radius 1 is 1.18 bits per heavy atom. The number of fused-ring (bicyclic) bond motifs is 2. The molecule has 1 unspecified atom stereocenters. The van der Waals surface area contributed by atoms with Crippen LogP contribution in [-0.2, 0) is 11.2 Å².